The summed E-state index contributed by atoms with van der Waals surface area (Å²) in [5, 5.41) is 5.81. The predicted octanol–water partition coefficient (Wildman–Crippen LogP) is 1.13. The summed E-state index contributed by atoms with van der Waals surface area (Å²) in [5.41, 5.74) is 5.87. The van der Waals surface area contributed by atoms with Crippen LogP contribution in [0.15, 0.2) is 12.1 Å². The molecule has 0 aliphatic carbocycles. The lowest BCUT2D eigenvalue weighted by Crippen LogP contribution is -2.46. The molecule has 8 heteroatoms. The van der Waals surface area contributed by atoms with Gasteiger partial charge in [-0.1, -0.05) is 11.6 Å². The van der Waals surface area contributed by atoms with Crippen LogP contribution in [0.3, 0.4) is 0 Å². The van der Waals surface area contributed by atoms with E-state index in [1.807, 2.05) is 0 Å². The number of nitrogens with one attached hydrogen (secondary N) is 3. The summed E-state index contributed by atoms with van der Waals surface area (Å²) in [5.74, 6) is -2.66. The Hall–Kier alpha value is -1.70. The monoisotopic (exact) mass is 314 g/mol. The Morgan fingerprint density at radius 2 is 2.10 bits per heavy atom. The average molecular weight is 315 g/mol. The number of rotatable bonds is 2. The van der Waals surface area contributed by atoms with Gasteiger partial charge in [-0.05, 0) is 12.1 Å². The van der Waals surface area contributed by atoms with E-state index in [-0.39, 0.29) is 28.3 Å². The molecule has 1 aliphatic rings. The van der Waals surface area contributed by atoms with Crippen molar-refractivity contribution in [2.45, 2.75) is 12.1 Å². The van der Waals surface area contributed by atoms with Crippen molar-refractivity contribution in [3.05, 3.63) is 34.5 Å². The number of halogens is 3. The van der Waals surface area contributed by atoms with Crippen molar-refractivity contribution in [2.75, 3.05) is 13.1 Å². The van der Waals surface area contributed by atoms with Gasteiger partial charge in [0.2, 0.25) is 0 Å². The number of carbonyl (C=O) groups excluding carboxylic acids is 1. The quantitative estimate of drug-likeness (QED) is 0.627. The minimum absolute atomic E-state index is 0.0871. The van der Waals surface area contributed by atoms with Gasteiger partial charge in [0.25, 0.3) is 5.91 Å². The zero-order chi connectivity index (χ0) is 15.1. The smallest absolute Gasteiger partial charge is 0.268 e. The standard InChI is InChI=1S/C13H13ClF2N4O/c14-6-1-5-2-8(19-12(5)11(16)10(6)15)13(21)20-9-4-18-3-7(9)17/h1-2,7,9,18-19H,3-4,17H2,(H,20,21)/t7-,9+/m0/s1. The first-order valence-electron chi connectivity index (χ1n) is 6.40. The highest BCUT2D eigenvalue weighted by Gasteiger charge is 2.26. The molecule has 0 bridgehead atoms. The van der Waals surface area contributed by atoms with Crippen LogP contribution < -0.4 is 16.4 Å². The summed E-state index contributed by atoms with van der Waals surface area (Å²) in [6.45, 7) is 1.19. The molecule has 0 radical (unpaired) electrons. The maximum absolute atomic E-state index is 13.8. The van der Waals surface area contributed by atoms with Gasteiger partial charge in [0.05, 0.1) is 16.6 Å². The van der Waals surface area contributed by atoms with Gasteiger partial charge in [-0.3, -0.25) is 4.79 Å². The maximum Gasteiger partial charge on any atom is 0.268 e. The molecule has 2 atom stereocenters. The van der Waals surface area contributed by atoms with E-state index in [4.69, 9.17) is 17.3 Å². The minimum Gasteiger partial charge on any atom is -0.348 e. The van der Waals surface area contributed by atoms with Crippen LogP contribution in [0.25, 0.3) is 10.9 Å². The first-order chi connectivity index (χ1) is 9.97. The molecule has 1 fully saturated rings. The molecule has 21 heavy (non-hydrogen) atoms. The Morgan fingerprint density at radius 3 is 2.76 bits per heavy atom. The molecule has 5 N–H and O–H groups in total. The number of hydrogen-bond acceptors (Lipinski definition) is 3. The van der Waals surface area contributed by atoms with Gasteiger partial charge >= 0.3 is 0 Å². The number of carbonyl (C=O) groups is 1. The van der Waals surface area contributed by atoms with Crippen LogP contribution >= 0.6 is 11.6 Å². The molecule has 1 aromatic heterocycles. The zero-order valence-electron chi connectivity index (χ0n) is 10.8. The van der Waals surface area contributed by atoms with E-state index in [0.29, 0.717) is 18.5 Å². The van der Waals surface area contributed by atoms with Gasteiger partial charge in [0.1, 0.15) is 5.69 Å². The van der Waals surface area contributed by atoms with Gasteiger partial charge in [0.15, 0.2) is 11.6 Å². The van der Waals surface area contributed by atoms with Crippen molar-refractivity contribution >= 4 is 28.4 Å². The second kappa shape index (κ2) is 5.25. The summed E-state index contributed by atoms with van der Waals surface area (Å²) in [6.07, 6.45) is 0. The third-order valence-electron chi connectivity index (χ3n) is 3.57. The highest BCUT2D eigenvalue weighted by Crippen LogP contribution is 2.27. The number of hydrogen-bond donors (Lipinski definition) is 4. The molecule has 1 aromatic carbocycles. The van der Waals surface area contributed by atoms with Gasteiger partial charge in [-0.2, -0.15) is 0 Å². The number of benzene rings is 1. The highest BCUT2D eigenvalue weighted by atomic mass is 35.5. The fraction of sp³-hybridized carbons (Fsp3) is 0.308. The number of H-pyrrole nitrogens is 1. The normalized spacial score (nSPS) is 21.9. The summed E-state index contributed by atoms with van der Waals surface area (Å²) in [4.78, 5) is 14.7. The lowest BCUT2D eigenvalue weighted by Gasteiger charge is -2.15. The molecule has 2 heterocycles. The number of fused-ring (bicyclic) bond motifs is 1. The van der Waals surface area contributed by atoms with Gasteiger partial charge in [-0.15, -0.1) is 0 Å². The Labute approximate surface area is 123 Å². The maximum atomic E-state index is 13.8. The SMILES string of the molecule is N[C@H]1CNC[C@H]1NC(=O)c1cc2cc(Cl)c(F)c(F)c2[nH]1. The molecule has 3 rings (SSSR count). The fourth-order valence-corrected chi connectivity index (χ4v) is 2.61. The molecule has 112 valence electrons. The van der Waals surface area contributed by atoms with E-state index in [1.165, 1.54) is 12.1 Å². The van der Waals surface area contributed by atoms with Crippen molar-refractivity contribution < 1.29 is 13.6 Å². The van der Waals surface area contributed by atoms with Crippen molar-refractivity contribution in [1.29, 1.82) is 0 Å². The van der Waals surface area contributed by atoms with E-state index < -0.39 is 17.5 Å². The van der Waals surface area contributed by atoms with E-state index in [9.17, 15) is 13.6 Å². The molecule has 0 saturated carbocycles. The summed E-state index contributed by atoms with van der Waals surface area (Å²) in [6, 6.07) is 2.31. The average Bonchev–Trinajstić information content (AvgIpc) is 3.03. The summed E-state index contributed by atoms with van der Waals surface area (Å²) < 4.78 is 27.1. The molecule has 0 spiro atoms. The summed E-state index contributed by atoms with van der Waals surface area (Å²) >= 11 is 5.58. The lowest BCUT2D eigenvalue weighted by molar-refractivity contribution is 0.0933. The van der Waals surface area contributed by atoms with Crippen molar-refractivity contribution in [3.63, 3.8) is 0 Å². The van der Waals surface area contributed by atoms with Crippen LogP contribution in [0.1, 0.15) is 10.5 Å². The Kier molecular flexibility index (Phi) is 3.56. The molecule has 5 nitrogen and oxygen atoms in total. The third kappa shape index (κ3) is 2.48. The van der Waals surface area contributed by atoms with Gasteiger partial charge < -0.3 is 21.4 Å². The van der Waals surface area contributed by atoms with E-state index in [2.05, 4.69) is 15.6 Å². The van der Waals surface area contributed by atoms with Crippen LogP contribution in [0.5, 0.6) is 0 Å². The predicted molar refractivity (Wildman–Crippen MR) is 75.3 cm³/mol. The Morgan fingerprint density at radius 1 is 1.33 bits per heavy atom. The highest BCUT2D eigenvalue weighted by molar-refractivity contribution is 6.31. The van der Waals surface area contributed by atoms with Crippen molar-refractivity contribution in [3.8, 4) is 0 Å². The van der Waals surface area contributed by atoms with E-state index in [1.54, 1.807) is 0 Å². The third-order valence-corrected chi connectivity index (χ3v) is 3.85. The van der Waals surface area contributed by atoms with Crippen LogP contribution in [0.2, 0.25) is 5.02 Å². The van der Waals surface area contributed by atoms with Gasteiger partial charge in [-0.25, -0.2) is 8.78 Å². The molecule has 1 aliphatic heterocycles. The molecule has 2 aromatic rings. The number of aromatic amines is 1. The number of aromatic nitrogens is 1. The second-order valence-corrected chi connectivity index (χ2v) is 5.44. The fourth-order valence-electron chi connectivity index (χ4n) is 2.41. The number of nitrogens with two attached hydrogens (primary N) is 1. The van der Waals surface area contributed by atoms with Crippen LogP contribution in [0.4, 0.5) is 8.78 Å². The van der Waals surface area contributed by atoms with Crippen LogP contribution in [-0.4, -0.2) is 36.1 Å². The van der Waals surface area contributed by atoms with E-state index >= 15 is 0 Å². The molecule has 0 unspecified atom stereocenters. The number of amides is 1. The zero-order valence-corrected chi connectivity index (χ0v) is 11.6. The first-order valence-corrected chi connectivity index (χ1v) is 6.78. The van der Waals surface area contributed by atoms with Crippen molar-refractivity contribution in [2.24, 2.45) is 5.73 Å². The lowest BCUT2D eigenvalue weighted by atomic mass is 10.2. The van der Waals surface area contributed by atoms with Crippen molar-refractivity contribution in [1.82, 2.24) is 15.6 Å². The first kappa shape index (κ1) is 14.2. The Balaban J connectivity index is 1.90. The van der Waals surface area contributed by atoms with E-state index in [0.717, 1.165) is 0 Å². The largest absolute Gasteiger partial charge is 0.348 e. The molecule has 1 amide bonds. The molecular formula is C13H13ClF2N4O. The molecular weight excluding hydrogens is 302 g/mol. The minimum atomic E-state index is -1.14. The second-order valence-electron chi connectivity index (χ2n) is 5.04. The topological polar surface area (TPSA) is 82.9 Å². The molecule has 1 saturated heterocycles. The van der Waals surface area contributed by atoms with Crippen LogP contribution in [-0.2, 0) is 0 Å². The van der Waals surface area contributed by atoms with Gasteiger partial charge in [0, 0.05) is 24.5 Å². The Bertz CT molecular complexity index is 718. The van der Waals surface area contributed by atoms with Crippen LogP contribution in [0, 0.1) is 11.6 Å². The summed E-state index contributed by atoms with van der Waals surface area (Å²) in [7, 11) is 0.